The van der Waals surface area contributed by atoms with E-state index >= 15 is 0 Å². The number of aromatic nitrogens is 3. The molecule has 2 amide bonds. The lowest BCUT2D eigenvalue weighted by molar-refractivity contribution is 0.00683. The number of rotatable bonds is 6. The molecule has 0 spiro atoms. The highest BCUT2D eigenvalue weighted by Crippen LogP contribution is 2.17. The smallest absolute Gasteiger partial charge is 0.354 e. The van der Waals surface area contributed by atoms with E-state index in [2.05, 4.69) is 15.4 Å². The number of nitrogens with one attached hydrogen (secondary N) is 1. The minimum Gasteiger partial charge on any atom is -0.477 e. The van der Waals surface area contributed by atoms with Crippen LogP contribution in [0.25, 0.3) is 5.65 Å². The van der Waals surface area contributed by atoms with Crippen molar-refractivity contribution in [3.05, 3.63) is 64.1 Å². The van der Waals surface area contributed by atoms with Crippen LogP contribution in [0, 0.1) is 6.92 Å². The SMILES string of the molecule is Cc1cc(CNC(=O)c2cc(C(=O)O)n3ncc(C(N)=O)c3n2)ccc1C(=O)OC(C)(C)C. The predicted octanol–water partition coefficient (Wildman–Crippen LogP) is 1.72. The number of aromatic carboxylic acids is 1. The number of primary amides is 1. The molecule has 2 heterocycles. The van der Waals surface area contributed by atoms with E-state index < -0.39 is 29.4 Å². The molecule has 11 heteroatoms. The van der Waals surface area contributed by atoms with E-state index in [1.54, 1.807) is 45.9 Å². The topological polar surface area (TPSA) is 166 Å². The van der Waals surface area contributed by atoms with Crippen LogP contribution in [0.1, 0.15) is 73.6 Å². The number of esters is 1. The normalized spacial score (nSPS) is 11.3. The number of carbonyl (C=O) groups is 4. The molecule has 0 saturated carbocycles. The summed E-state index contributed by atoms with van der Waals surface area (Å²) in [6.07, 6.45) is 1.09. The molecule has 0 unspecified atom stereocenters. The number of amides is 2. The summed E-state index contributed by atoms with van der Waals surface area (Å²) in [6.45, 7) is 7.18. The summed E-state index contributed by atoms with van der Waals surface area (Å²) < 4.78 is 6.31. The van der Waals surface area contributed by atoms with Gasteiger partial charge in [0.25, 0.3) is 11.8 Å². The van der Waals surface area contributed by atoms with Crippen molar-refractivity contribution < 1.29 is 29.0 Å². The zero-order chi connectivity index (χ0) is 24.5. The molecular formula is C22H23N5O6. The third-order valence-electron chi connectivity index (χ3n) is 4.55. The number of carboxylic acid groups (broad SMARTS) is 1. The van der Waals surface area contributed by atoms with Gasteiger partial charge in [0.1, 0.15) is 16.9 Å². The molecule has 2 aromatic heterocycles. The summed E-state index contributed by atoms with van der Waals surface area (Å²) in [5, 5.41) is 15.9. The highest BCUT2D eigenvalue weighted by Gasteiger charge is 2.22. The maximum Gasteiger partial charge on any atom is 0.354 e. The van der Waals surface area contributed by atoms with Crippen molar-refractivity contribution in [1.82, 2.24) is 19.9 Å². The van der Waals surface area contributed by atoms with Gasteiger partial charge in [-0.3, -0.25) is 9.59 Å². The molecule has 0 aliphatic heterocycles. The second-order valence-electron chi connectivity index (χ2n) is 8.32. The zero-order valence-corrected chi connectivity index (χ0v) is 18.5. The van der Waals surface area contributed by atoms with Crippen molar-refractivity contribution >= 4 is 29.4 Å². The van der Waals surface area contributed by atoms with Crippen molar-refractivity contribution in [2.24, 2.45) is 5.73 Å². The monoisotopic (exact) mass is 453 g/mol. The van der Waals surface area contributed by atoms with Gasteiger partial charge in [-0.05, 0) is 44.9 Å². The highest BCUT2D eigenvalue weighted by atomic mass is 16.6. The largest absolute Gasteiger partial charge is 0.477 e. The van der Waals surface area contributed by atoms with Gasteiger partial charge in [0.05, 0.1) is 11.8 Å². The van der Waals surface area contributed by atoms with Crippen LogP contribution < -0.4 is 11.1 Å². The van der Waals surface area contributed by atoms with Crippen LogP contribution >= 0.6 is 0 Å². The lowest BCUT2D eigenvalue weighted by Crippen LogP contribution is -2.26. The summed E-state index contributed by atoms with van der Waals surface area (Å²) in [7, 11) is 0. The fourth-order valence-corrected chi connectivity index (χ4v) is 3.08. The molecule has 4 N–H and O–H groups in total. The first-order chi connectivity index (χ1) is 15.4. The minimum absolute atomic E-state index is 0.0888. The third kappa shape index (κ3) is 5.14. The van der Waals surface area contributed by atoms with E-state index in [4.69, 9.17) is 10.5 Å². The molecule has 1 aromatic carbocycles. The number of carbonyl (C=O) groups excluding carboxylic acids is 3. The summed E-state index contributed by atoms with van der Waals surface area (Å²) >= 11 is 0. The first-order valence-corrected chi connectivity index (χ1v) is 9.90. The predicted molar refractivity (Wildman–Crippen MR) is 116 cm³/mol. The number of ether oxygens (including phenoxy) is 1. The maximum absolute atomic E-state index is 12.7. The molecule has 3 aromatic rings. The maximum atomic E-state index is 12.7. The van der Waals surface area contributed by atoms with Crippen molar-refractivity contribution in [3.63, 3.8) is 0 Å². The number of nitrogens with zero attached hydrogens (tertiary/aromatic N) is 3. The molecule has 0 fully saturated rings. The van der Waals surface area contributed by atoms with Crippen LogP contribution in [0.15, 0.2) is 30.5 Å². The number of aryl methyl sites for hydroxylation is 1. The number of hydrogen-bond donors (Lipinski definition) is 3. The number of fused-ring (bicyclic) bond motifs is 1. The standard InChI is InChI=1S/C22H23N5O6/c1-11-7-12(5-6-13(11)21(32)33-22(2,3)4)9-24-19(29)15-8-16(20(30)31)27-18(26-15)14(10-25-27)17(23)28/h5-8,10H,9H2,1-4H3,(H2,23,28)(H,24,29)(H,30,31). The van der Waals surface area contributed by atoms with E-state index in [1.807, 2.05) is 0 Å². The summed E-state index contributed by atoms with van der Waals surface area (Å²) in [5.74, 6) is -3.32. The van der Waals surface area contributed by atoms with E-state index in [-0.39, 0.29) is 29.1 Å². The lowest BCUT2D eigenvalue weighted by Gasteiger charge is -2.20. The Morgan fingerprint density at radius 3 is 2.42 bits per heavy atom. The first kappa shape index (κ1) is 23.4. The molecule has 172 valence electrons. The average Bonchev–Trinajstić information content (AvgIpc) is 3.14. The van der Waals surface area contributed by atoms with Gasteiger partial charge < -0.3 is 20.9 Å². The Balaban J connectivity index is 1.81. The minimum atomic E-state index is -1.36. The van der Waals surface area contributed by atoms with E-state index in [0.29, 0.717) is 16.7 Å². The Bertz CT molecular complexity index is 1290. The van der Waals surface area contributed by atoms with Crippen LogP contribution in [0.4, 0.5) is 0 Å². The van der Waals surface area contributed by atoms with Crippen LogP contribution in [0.2, 0.25) is 0 Å². The summed E-state index contributed by atoms with van der Waals surface area (Å²) in [5.41, 5.74) is 5.64. The van der Waals surface area contributed by atoms with Gasteiger partial charge in [0.15, 0.2) is 11.3 Å². The molecule has 0 saturated heterocycles. The Morgan fingerprint density at radius 2 is 1.85 bits per heavy atom. The molecule has 0 atom stereocenters. The van der Waals surface area contributed by atoms with Crippen molar-refractivity contribution in [2.75, 3.05) is 0 Å². The molecule has 0 aliphatic carbocycles. The number of nitrogens with two attached hydrogens (primary N) is 1. The third-order valence-corrected chi connectivity index (χ3v) is 4.55. The van der Waals surface area contributed by atoms with E-state index in [1.165, 1.54) is 0 Å². The van der Waals surface area contributed by atoms with Crippen LogP contribution in [-0.2, 0) is 11.3 Å². The van der Waals surface area contributed by atoms with Gasteiger partial charge >= 0.3 is 11.9 Å². The van der Waals surface area contributed by atoms with Gasteiger partial charge in [0.2, 0.25) is 0 Å². The Morgan fingerprint density at radius 1 is 1.15 bits per heavy atom. The van der Waals surface area contributed by atoms with Crippen LogP contribution in [0.3, 0.4) is 0 Å². The molecule has 0 aliphatic rings. The zero-order valence-electron chi connectivity index (χ0n) is 18.5. The first-order valence-electron chi connectivity index (χ1n) is 9.90. The Hall–Kier alpha value is -4.28. The summed E-state index contributed by atoms with van der Waals surface area (Å²) in [6, 6.07) is 6.08. The molecule has 11 nitrogen and oxygen atoms in total. The number of benzene rings is 1. The van der Waals surface area contributed by atoms with Crippen molar-refractivity contribution in [2.45, 2.75) is 39.8 Å². The molecule has 0 radical (unpaired) electrons. The van der Waals surface area contributed by atoms with Gasteiger partial charge in [-0.15, -0.1) is 0 Å². The van der Waals surface area contributed by atoms with Gasteiger partial charge in [-0.1, -0.05) is 12.1 Å². The van der Waals surface area contributed by atoms with Gasteiger partial charge in [0, 0.05) is 12.6 Å². The molecular weight excluding hydrogens is 430 g/mol. The van der Waals surface area contributed by atoms with E-state index in [9.17, 15) is 24.3 Å². The molecule has 3 rings (SSSR count). The van der Waals surface area contributed by atoms with Crippen LogP contribution in [0.5, 0.6) is 0 Å². The highest BCUT2D eigenvalue weighted by molar-refractivity contribution is 6.01. The molecule has 33 heavy (non-hydrogen) atoms. The Labute approximate surface area is 188 Å². The second kappa shape index (κ2) is 8.69. The van der Waals surface area contributed by atoms with Crippen molar-refractivity contribution in [3.8, 4) is 0 Å². The lowest BCUT2D eigenvalue weighted by atomic mass is 10.0. The summed E-state index contributed by atoms with van der Waals surface area (Å²) in [4.78, 5) is 52.2. The fourth-order valence-electron chi connectivity index (χ4n) is 3.08. The fraction of sp³-hybridized carbons (Fsp3) is 0.273. The van der Waals surface area contributed by atoms with Crippen molar-refractivity contribution in [1.29, 1.82) is 0 Å². The quantitative estimate of drug-likeness (QED) is 0.474. The van der Waals surface area contributed by atoms with Gasteiger partial charge in [-0.25, -0.2) is 19.1 Å². The van der Waals surface area contributed by atoms with E-state index in [0.717, 1.165) is 16.8 Å². The van der Waals surface area contributed by atoms with Crippen LogP contribution in [-0.4, -0.2) is 49.1 Å². The second-order valence-corrected chi connectivity index (χ2v) is 8.32. The Kier molecular flexibility index (Phi) is 6.16. The van der Waals surface area contributed by atoms with Gasteiger partial charge in [-0.2, -0.15) is 5.10 Å². The molecule has 0 bridgehead atoms. The number of hydrogen-bond acceptors (Lipinski definition) is 7. The number of carboxylic acids is 1. The average molecular weight is 453 g/mol.